The molecule has 1 aromatic rings. The van der Waals surface area contributed by atoms with Crippen molar-refractivity contribution in [2.75, 3.05) is 0 Å². The van der Waals surface area contributed by atoms with Gasteiger partial charge in [0.1, 0.15) is 0 Å². The molecule has 0 bridgehead atoms. The second-order valence-corrected chi connectivity index (χ2v) is 2.17. The van der Waals surface area contributed by atoms with Gasteiger partial charge in [0, 0.05) is 6.04 Å². The fraction of sp³-hybridized carbons (Fsp3) is 0.286. The highest BCUT2D eigenvalue weighted by atomic mass is 19.1. The lowest BCUT2D eigenvalue weighted by Gasteiger charge is -2.01. The van der Waals surface area contributed by atoms with Gasteiger partial charge in [0.05, 0.1) is 5.69 Å². The number of aromatic nitrogens is 1. The Kier molecular flexibility index (Phi) is 1.97. The second kappa shape index (κ2) is 2.75. The summed E-state index contributed by atoms with van der Waals surface area (Å²) in [6.07, 6.45) is 0. The molecule has 0 aromatic carbocycles. The topological polar surface area (TPSA) is 38.9 Å². The third-order valence-electron chi connectivity index (χ3n) is 1.20. The first-order valence-electron chi connectivity index (χ1n) is 3.08. The standard InChI is InChI=1S/C7H9FN2/c1-5(9)6-3-2-4-7(8)10-6/h2-5H,9H2,1H3/t5-/m1/s1. The fourth-order valence-electron chi connectivity index (χ4n) is 0.678. The molecule has 0 amide bonds. The van der Waals surface area contributed by atoms with Crippen molar-refractivity contribution < 1.29 is 4.39 Å². The molecule has 0 aliphatic rings. The highest BCUT2D eigenvalue weighted by molar-refractivity contribution is 5.07. The maximum atomic E-state index is 12.4. The van der Waals surface area contributed by atoms with E-state index in [1.807, 2.05) is 0 Å². The van der Waals surface area contributed by atoms with Crippen LogP contribution in [0.1, 0.15) is 18.7 Å². The van der Waals surface area contributed by atoms with Crippen LogP contribution in [0.3, 0.4) is 0 Å². The summed E-state index contributed by atoms with van der Waals surface area (Å²) < 4.78 is 12.4. The Morgan fingerprint density at radius 3 is 2.70 bits per heavy atom. The Morgan fingerprint density at radius 1 is 1.60 bits per heavy atom. The molecule has 10 heavy (non-hydrogen) atoms. The highest BCUT2D eigenvalue weighted by Gasteiger charge is 1.99. The third-order valence-corrected chi connectivity index (χ3v) is 1.20. The summed E-state index contributed by atoms with van der Waals surface area (Å²) in [5.41, 5.74) is 6.04. The molecule has 54 valence electrons. The molecule has 1 heterocycles. The predicted octanol–water partition coefficient (Wildman–Crippen LogP) is 1.24. The van der Waals surface area contributed by atoms with Crippen LogP contribution >= 0.6 is 0 Å². The minimum atomic E-state index is -0.477. The summed E-state index contributed by atoms with van der Waals surface area (Å²) in [7, 11) is 0. The highest BCUT2D eigenvalue weighted by Crippen LogP contribution is 2.05. The van der Waals surface area contributed by atoms with Crippen molar-refractivity contribution >= 4 is 0 Å². The molecular weight excluding hydrogens is 131 g/mol. The van der Waals surface area contributed by atoms with Crippen LogP contribution in [0.4, 0.5) is 4.39 Å². The van der Waals surface area contributed by atoms with E-state index in [2.05, 4.69) is 4.98 Å². The van der Waals surface area contributed by atoms with E-state index in [0.29, 0.717) is 5.69 Å². The van der Waals surface area contributed by atoms with Gasteiger partial charge in [0.25, 0.3) is 0 Å². The number of nitrogens with zero attached hydrogens (tertiary/aromatic N) is 1. The van der Waals surface area contributed by atoms with E-state index in [1.165, 1.54) is 6.07 Å². The number of hydrogen-bond donors (Lipinski definition) is 1. The third kappa shape index (κ3) is 1.51. The van der Waals surface area contributed by atoms with E-state index in [-0.39, 0.29) is 6.04 Å². The van der Waals surface area contributed by atoms with Crippen LogP contribution in [0.15, 0.2) is 18.2 Å². The first-order valence-corrected chi connectivity index (χ1v) is 3.08. The molecule has 3 heteroatoms. The average Bonchev–Trinajstić information content (AvgIpc) is 1.88. The lowest BCUT2D eigenvalue weighted by molar-refractivity contribution is 0.569. The molecule has 0 fully saturated rings. The predicted molar refractivity (Wildman–Crippen MR) is 36.8 cm³/mol. The van der Waals surface area contributed by atoms with E-state index in [9.17, 15) is 4.39 Å². The van der Waals surface area contributed by atoms with Gasteiger partial charge in [-0.3, -0.25) is 0 Å². The molecular formula is C7H9FN2. The van der Waals surface area contributed by atoms with Gasteiger partial charge in [-0.15, -0.1) is 0 Å². The molecule has 0 spiro atoms. The quantitative estimate of drug-likeness (QED) is 0.596. The van der Waals surface area contributed by atoms with Gasteiger partial charge in [-0.25, -0.2) is 4.98 Å². The van der Waals surface area contributed by atoms with E-state index < -0.39 is 5.95 Å². The lowest BCUT2D eigenvalue weighted by Crippen LogP contribution is -2.07. The Hall–Kier alpha value is -0.960. The molecule has 2 N–H and O–H groups in total. The van der Waals surface area contributed by atoms with Gasteiger partial charge in [0.2, 0.25) is 5.95 Å². The van der Waals surface area contributed by atoms with E-state index in [4.69, 9.17) is 5.73 Å². The van der Waals surface area contributed by atoms with Gasteiger partial charge in [-0.1, -0.05) is 6.07 Å². The van der Waals surface area contributed by atoms with Gasteiger partial charge in [-0.05, 0) is 19.1 Å². The summed E-state index contributed by atoms with van der Waals surface area (Å²) >= 11 is 0. The van der Waals surface area contributed by atoms with E-state index in [0.717, 1.165) is 0 Å². The van der Waals surface area contributed by atoms with Crippen LogP contribution < -0.4 is 5.73 Å². The second-order valence-electron chi connectivity index (χ2n) is 2.17. The van der Waals surface area contributed by atoms with Crippen LogP contribution in [-0.2, 0) is 0 Å². The van der Waals surface area contributed by atoms with Gasteiger partial charge < -0.3 is 5.73 Å². The zero-order valence-corrected chi connectivity index (χ0v) is 5.71. The summed E-state index contributed by atoms with van der Waals surface area (Å²) in [6.45, 7) is 1.77. The monoisotopic (exact) mass is 140 g/mol. The van der Waals surface area contributed by atoms with Crippen molar-refractivity contribution in [2.24, 2.45) is 5.73 Å². The summed E-state index contributed by atoms with van der Waals surface area (Å²) in [6, 6.07) is 4.40. The van der Waals surface area contributed by atoms with Gasteiger partial charge >= 0.3 is 0 Å². The number of hydrogen-bond acceptors (Lipinski definition) is 2. The van der Waals surface area contributed by atoms with Crippen molar-refractivity contribution in [2.45, 2.75) is 13.0 Å². The Morgan fingerprint density at radius 2 is 2.30 bits per heavy atom. The van der Waals surface area contributed by atoms with Crippen LogP contribution in [0.25, 0.3) is 0 Å². The maximum Gasteiger partial charge on any atom is 0.213 e. The van der Waals surface area contributed by atoms with E-state index >= 15 is 0 Å². The number of rotatable bonds is 1. The Labute approximate surface area is 58.9 Å². The van der Waals surface area contributed by atoms with Gasteiger partial charge in [0.15, 0.2) is 0 Å². The number of halogens is 1. The minimum absolute atomic E-state index is 0.198. The zero-order chi connectivity index (χ0) is 7.56. The van der Waals surface area contributed by atoms with Crippen molar-refractivity contribution in [1.82, 2.24) is 4.98 Å². The first kappa shape index (κ1) is 7.15. The summed E-state index contributed by atoms with van der Waals surface area (Å²) in [5.74, 6) is -0.477. The van der Waals surface area contributed by atoms with Crippen LogP contribution in [0, 0.1) is 5.95 Å². The van der Waals surface area contributed by atoms with Crippen molar-refractivity contribution in [3.05, 3.63) is 29.8 Å². The molecule has 0 aliphatic heterocycles. The summed E-state index contributed by atoms with van der Waals surface area (Å²) in [4.78, 5) is 3.58. The maximum absolute atomic E-state index is 12.4. The average molecular weight is 140 g/mol. The molecule has 0 unspecified atom stereocenters. The summed E-state index contributed by atoms with van der Waals surface area (Å²) in [5, 5.41) is 0. The minimum Gasteiger partial charge on any atom is -0.323 e. The zero-order valence-electron chi connectivity index (χ0n) is 5.71. The lowest BCUT2D eigenvalue weighted by atomic mass is 10.2. The van der Waals surface area contributed by atoms with Crippen LogP contribution in [-0.4, -0.2) is 4.98 Å². The van der Waals surface area contributed by atoms with Gasteiger partial charge in [-0.2, -0.15) is 4.39 Å². The molecule has 0 radical (unpaired) electrons. The van der Waals surface area contributed by atoms with Crippen molar-refractivity contribution in [3.8, 4) is 0 Å². The largest absolute Gasteiger partial charge is 0.323 e. The van der Waals surface area contributed by atoms with Crippen LogP contribution in [0.2, 0.25) is 0 Å². The molecule has 1 aromatic heterocycles. The molecule has 0 aliphatic carbocycles. The normalized spacial score (nSPS) is 13.1. The molecule has 0 saturated heterocycles. The molecule has 1 rings (SSSR count). The fourth-order valence-corrected chi connectivity index (χ4v) is 0.678. The van der Waals surface area contributed by atoms with Crippen molar-refractivity contribution in [3.63, 3.8) is 0 Å². The smallest absolute Gasteiger partial charge is 0.213 e. The Bertz CT molecular complexity index is 223. The van der Waals surface area contributed by atoms with Crippen molar-refractivity contribution in [1.29, 1.82) is 0 Å². The van der Waals surface area contributed by atoms with E-state index in [1.54, 1.807) is 19.1 Å². The van der Waals surface area contributed by atoms with Crippen LogP contribution in [0.5, 0.6) is 0 Å². The SMILES string of the molecule is C[C@@H](N)c1cccc(F)n1. The number of pyridine rings is 1. The molecule has 2 nitrogen and oxygen atoms in total. The molecule has 0 saturated carbocycles. The molecule has 1 atom stereocenters. The number of nitrogens with two attached hydrogens (primary N) is 1. The first-order chi connectivity index (χ1) is 4.70. The Balaban J connectivity index is 2.96.